The maximum Gasteiger partial charge on any atom is 0.224 e. The van der Waals surface area contributed by atoms with E-state index in [1.54, 1.807) is 6.92 Å². The van der Waals surface area contributed by atoms with Crippen LogP contribution in [0.25, 0.3) is 0 Å². The van der Waals surface area contributed by atoms with Crippen molar-refractivity contribution in [1.29, 1.82) is 0 Å². The predicted octanol–water partition coefficient (Wildman–Crippen LogP) is 1.28. The lowest BCUT2D eigenvalue weighted by Gasteiger charge is -2.28. The minimum absolute atomic E-state index is 0. The number of nitrogens with two attached hydrogens (primary N) is 1. The topological polar surface area (TPSA) is 94.0 Å². The van der Waals surface area contributed by atoms with E-state index in [1.807, 2.05) is 6.92 Å². The molecule has 2 rings (SSSR count). The lowest BCUT2D eigenvalue weighted by Crippen LogP contribution is -2.47. The van der Waals surface area contributed by atoms with E-state index in [0.717, 1.165) is 25.7 Å². The number of nitrogens with zero attached hydrogens (tertiary/aromatic N) is 2. The molecule has 0 aromatic carbocycles. The monoisotopic (exact) mass is 288 g/mol. The minimum Gasteiger partial charge on any atom is -0.343 e. The molecule has 1 atom stereocenters. The van der Waals surface area contributed by atoms with Crippen molar-refractivity contribution in [3.05, 3.63) is 11.7 Å². The lowest BCUT2D eigenvalue weighted by molar-refractivity contribution is -0.126. The number of carbonyl (C=O) groups excluding carboxylic acids is 1. The van der Waals surface area contributed by atoms with Gasteiger partial charge in [0.15, 0.2) is 5.82 Å². The fourth-order valence-corrected chi connectivity index (χ4v) is 2.34. The first-order valence-corrected chi connectivity index (χ1v) is 6.40. The smallest absolute Gasteiger partial charge is 0.224 e. The summed E-state index contributed by atoms with van der Waals surface area (Å²) in [5.41, 5.74) is 5.06. The van der Waals surface area contributed by atoms with Crippen LogP contribution in [-0.2, 0) is 10.3 Å². The predicted molar refractivity (Wildman–Crippen MR) is 72.8 cm³/mol. The van der Waals surface area contributed by atoms with E-state index in [9.17, 15) is 4.79 Å². The number of halogens is 1. The van der Waals surface area contributed by atoms with E-state index in [-0.39, 0.29) is 24.2 Å². The van der Waals surface area contributed by atoms with Gasteiger partial charge >= 0.3 is 0 Å². The maximum atomic E-state index is 12.0. The molecule has 7 heteroatoms. The van der Waals surface area contributed by atoms with Crippen molar-refractivity contribution < 1.29 is 9.32 Å². The Bertz CT molecular complexity index is 429. The van der Waals surface area contributed by atoms with Gasteiger partial charge in [-0.3, -0.25) is 4.79 Å². The van der Waals surface area contributed by atoms with Crippen LogP contribution in [0.4, 0.5) is 0 Å². The van der Waals surface area contributed by atoms with Gasteiger partial charge < -0.3 is 15.6 Å². The summed E-state index contributed by atoms with van der Waals surface area (Å²) in [6, 6.07) is 0. The quantitative estimate of drug-likeness (QED) is 0.870. The van der Waals surface area contributed by atoms with Crippen molar-refractivity contribution >= 4 is 18.3 Å². The van der Waals surface area contributed by atoms with E-state index in [1.165, 1.54) is 0 Å². The average Bonchev–Trinajstić information content (AvgIpc) is 2.98. The molecule has 0 saturated heterocycles. The lowest BCUT2D eigenvalue weighted by atomic mass is 9.95. The molecule has 1 fully saturated rings. The van der Waals surface area contributed by atoms with Gasteiger partial charge in [-0.1, -0.05) is 24.9 Å². The summed E-state index contributed by atoms with van der Waals surface area (Å²) < 4.78 is 5.03. The second-order valence-electron chi connectivity index (χ2n) is 5.05. The van der Waals surface area contributed by atoms with Crippen LogP contribution in [0.15, 0.2) is 4.52 Å². The summed E-state index contributed by atoms with van der Waals surface area (Å²) in [4.78, 5) is 16.3. The molecule has 1 heterocycles. The SMILES string of the molecule is Cc1nc(C2(NC(=O)C(C)CN)CCCC2)no1.Cl. The highest BCUT2D eigenvalue weighted by Gasteiger charge is 2.41. The first-order valence-electron chi connectivity index (χ1n) is 6.40. The molecule has 1 aromatic rings. The highest BCUT2D eigenvalue weighted by Crippen LogP contribution is 2.37. The molecule has 19 heavy (non-hydrogen) atoms. The molecule has 0 radical (unpaired) electrons. The molecule has 3 N–H and O–H groups in total. The van der Waals surface area contributed by atoms with E-state index < -0.39 is 5.54 Å². The Balaban J connectivity index is 0.00000180. The van der Waals surface area contributed by atoms with Crippen molar-refractivity contribution in [2.45, 2.75) is 45.1 Å². The Hall–Kier alpha value is -1.14. The van der Waals surface area contributed by atoms with Gasteiger partial charge in [-0.05, 0) is 12.8 Å². The third-order valence-electron chi connectivity index (χ3n) is 3.58. The Morgan fingerprint density at radius 2 is 2.16 bits per heavy atom. The molecule has 108 valence electrons. The van der Waals surface area contributed by atoms with Gasteiger partial charge in [-0.2, -0.15) is 4.98 Å². The molecule has 0 spiro atoms. The average molecular weight is 289 g/mol. The van der Waals surface area contributed by atoms with Crippen LogP contribution in [-0.4, -0.2) is 22.6 Å². The van der Waals surface area contributed by atoms with E-state index in [2.05, 4.69) is 15.5 Å². The standard InChI is InChI=1S/C12H20N4O2.ClH/c1-8(7-13)10(17)15-12(5-3-4-6-12)11-14-9(2)18-16-11;/h8H,3-7,13H2,1-2H3,(H,15,17);1H. The highest BCUT2D eigenvalue weighted by molar-refractivity contribution is 5.85. The first-order chi connectivity index (χ1) is 8.57. The van der Waals surface area contributed by atoms with Crippen LogP contribution in [0.1, 0.15) is 44.3 Å². The molecule has 1 amide bonds. The normalized spacial score (nSPS) is 18.7. The zero-order valence-corrected chi connectivity index (χ0v) is 12.1. The van der Waals surface area contributed by atoms with Gasteiger partial charge in [0.05, 0.1) is 0 Å². The van der Waals surface area contributed by atoms with Crippen LogP contribution in [0.2, 0.25) is 0 Å². The molecule has 0 aliphatic heterocycles. The van der Waals surface area contributed by atoms with Gasteiger partial charge in [-0.25, -0.2) is 0 Å². The summed E-state index contributed by atoms with van der Waals surface area (Å²) in [6.07, 6.45) is 3.83. The second kappa shape index (κ2) is 6.34. The van der Waals surface area contributed by atoms with E-state index in [4.69, 9.17) is 10.3 Å². The third-order valence-corrected chi connectivity index (χ3v) is 3.58. The van der Waals surface area contributed by atoms with E-state index >= 15 is 0 Å². The van der Waals surface area contributed by atoms with Gasteiger partial charge in [0, 0.05) is 19.4 Å². The highest BCUT2D eigenvalue weighted by atomic mass is 35.5. The number of nitrogens with one attached hydrogen (secondary N) is 1. The number of hydrogen-bond acceptors (Lipinski definition) is 5. The summed E-state index contributed by atoms with van der Waals surface area (Å²) in [5.74, 6) is 0.879. The number of rotatable bonds is 4. The Labute approximate surface area is 118 Å². The zero-order valence-electron chi connectivity index (χ0n) is 11.3. The van der Waals surface area contributed by atoms with Gasteiger partial charge in [-0.15, -0.1) is 12.4 Å². The number of hydrogen-bond donors (Lipinski definition) is 2. The van der Waals surface area contributed by atoms with Crippen molar-refractivity contribution in [1.82, 2.24) is 15.5 Å². The molecule has 1 aliphatic rings. The van der Waals surface area contributed by atoms with Crippen molar-refractivity contribution in [3.8, 4) is 0 Å². The third kappa shape index (κ3) is 3.25. The molecular weight excluding hydrogens is 268 g/mol. The number of amides is 1. The van der Waals surface area contributed by atoms with Crippen LogP contribution in [0, 0.1) is 12.8 Å². The molecule has 6 nitrogen and oxygen atoms in total. The van der Waals surface area contributed by atoms with Gasteiger partial charge in [0.2, 0.25) is 11.8 Å². The molecular formula is C12H21ClN4O2. The zero-order chi connectivity index (χ0) is 13.2. The summed E-state index contributed by atoms with van der Waals surface area (Å²) in [6.45, 7) is 3.91. The number of aryl methyl sites for hydroxylation is 1. The largest absolute Gasteiger partial charge is 0.343 e. The fourth-order valence-electron chi connectivity index (χ4n) is 2.34. The van der Waals surface area contributed by atoms with Crippen molar-refractivity contribution in [3.63, 3.8) is 0 Å². The second-order valence-corrected chi connectivity index (χ2v) is 5.05. The van der Waals surface area contributed by atoms with E-state index in [0.29, 0.717) is 18.3 Å². The summed E-state index contributed by atoms with van der Waals surface area (Å²) in [5, 5.41) is 7.04. The van der Waals surface area contributed by atoms with Crippen LogP contribution in [0.5, 0.6) is 0 Å². The Morgan fingerprint density at radius 3 is 2.63 bits per heavy atom. The first kappa shape index (κ1) is 15.9. The maximum absolute atomic E-state index is 12.0. The number of aromatic nitrogens is 2. The minimum atomic E-state index is -0.460. The molecule has 1 aromatic heterocycles. The summed E-state index contributed by atoms with van der Waals surface area (Å²) >= 11 is 0. The molecule has 1 saturated carbocycles. The van der Waals surface area contributed by atoms with Crippen LogP contribution < -0.4 is 11.1 Å². The van der Waals surface area contributed by atoms with Gasteiger partial charge in [0.1, 0.15) is 5.54 Å². The van der Waals surface area contributed by atoms with Crippen molar-refractivity contribution in [2.24, 2.45) is 11.7 Å². The molecule has 0 bridgehead atoms. The Kier molecular flexibility index (Phi) is 5.31. The van der Waals surface area contributed by atoms with Gasteiger partial charge in [0.25, 0.3) is 0 Å². The number of carbonyl (C=O) groups is 1. The van der Waals surface area contributed by atoms with Crippen molar-refractivity contribution in [2.75, 3.05) is 6.54 Å². The Morgan fingerprint density at radius 1 is 1.53 bits per heavy atom. The fraction of sp³-hybridized carbons (Fsp3) is 0.750. The van der Waals surface area contributed by atoms with Crippen LogP contribution >= 0.6 is 12.4 Å². The summed E-state index contributed by atoms with van der Waals surface area (Å²) in [7, 11) is 0. The molecule has 1 unspecified atom stereocenters. The molecule has 1 aliphatic carbocycles. The van der Waals surface area contributed by atoms with Crippen LogP contribution in [0.3, 0.4) is 0 Å².